The van der Waals surface area contributed by atoms with Crippen LogP contribution in [-0.2, 0) is 9.59 Å². The van der Waals surface area contributed by atoms with Crippen molar-refractivity contribution < 1.29 is 14.1 Å². The quantitative estimate of drug-likeness (QED) is 0.855. The summed E-state index contributed by atoms with van der Waals surface area (Å²) >= 11 is 0. The molecule has 1 aromatic heterocycles. The first-order valence-electron chi connectivity index (χ1n) is 8.59. The fourth-order valence-electron chi connectivity index (χ4n) is 3.71. The van der Waals surface area contributed by atoms with E-state index in [0.717, 1.165) is 18.5 Å². The molecule has 7 heteroatoms. The summed E-state index contributed by atoms with van der Waals surface area (Å²) in [6.45, 7) is 2.84. The van der Waals surface area contributed by atoms with Crippen molar-refractivity contribution in [3.05, 3.63) is 42.0 Å². The fraction of sp³-hybridized carbons (Fsp3) is 0.444. The second kappa shape index (κ2) is 6.31. The number of anilines is 1. The number of hydrogen-bond acceptors (Lipinski definition) is 5. The Bertz CT molecular complexity index is 789. The van der Waals surface area contributed by atoms with Gasteiger partial charge in [-0.1, -0.05) is 23.4 Å². The molecule has 3 heterocycles. The van der Waals surface area contributed by atoms with Crippen molar-refractivity contribution in [2.75, 3.05) is 18.0 Å². The summed E-state index contributed by atoms with van der Waals surface area (Å²) < 4.78 is 5.06. The summed E-state index contributed by atoms with van der Waals surface area (Å²) in [5.74, 6) is 0.752. The second-order valence-electron chi connectivity index (χ2n) is 6.60. The van der Waals surface area contributed by atoms with E-state index < -0.39 is 0 Å². The summed E-state index contributed by atoms with van der Waals surface area (Å²) in [6, 6.07) is 9.34. The van der Waals surface area contributed by atoms with Gasteiger partial charge in [-0.15, -0.1) is 0 Å². The number of likely N-dealkylation sites (tertiary alicyclic amines) is 1. The Kier molecular flexibility index (Phi) is 3.99. The maximum atomic E-state index is 13.0. The van der Waals surface area contributed by atoms with E-state index in [2.05, 4.69) is 10.1 Å². The van der Waals surface area contributed by atoms with Crippen LogP contribution in [0.1, 0.15) is 37.0 Å². The van der Waals surface area contributed by atoms with Crippen LogP contribution < -0.4 is 4.90 Å². The number of aryl methyl sites for hydroxylation is 1. The molecule has 4 rings (SSSR count). The van der Waals surface area contributed by atoms with Gasteiger partial charge in [-0.25, -0.2) is 0 Å². The summed E-state index contributed by atoms with van der Waals surface area (Å²) in [5.41, 5.74) is 0.842. The van der Waals surface area contributed by atoms with E-state index in [0.29, 0.717) is 24.8 Å². The molecule has 2 amide bonds. The highest BCUT2D eigenvalue weighted by Gasteiger charge is 2.41. The molecule has 0 bridgehead atoms. The Morgan fingerprint density at radius 1 is 1.28 bits per heavy atom. The van der Waals surface area contributed by atoms with Gasteiger partial charge in [0.15, 0.2) is 5.82 Å². The van der Waals surface area contributed by atoms with Gasteiger partial charge in [0.1, 0.15) is 0 Å². The molecule has 2 fully saturated rings. The Balaban J connectivity index is 1.50. The van der Waals surface area contributed by atoms with Crippen LogP contribution in [-0.4, -0.2) is 39.9 Å². The third-order valence-electron chi connectivity index (χ3n) is 4.92. The Morgan fingerprint density at radius 3 is 2.80 bits per heavy atom. The summed E-state index contributed by atoms with van der Waals surface area (Å²) in [6.07, 6.45) is 1.99. The maximum absolute atomic E-state index is 13.0. The molecule has 1 aromatic carbocycles. The Hall–Kier alpha value is -2.70. The van der Waals surface area contributed by atoms with Crippen LogP contribution in [0.15, 0.2) is 34.9 Å². The average molecular weight is 340 g/mol. The van der Waals surface area contributed by atoms with Gasteiger partial charge in [0.05, 0.1) is 12.0 Å². The van der Waals surface area contributed by atoms with Crippen LogP contribution >= 0.6 is 0 Å². The van der Waals surface area contributed by atoms with Crippen molar-refractivity contribution in [3.63, 3.8) is 0 Å². The minimum Gasteiger partial charge on any atom is -0.340 e. The molecular weight excluding hydrogens is 320 g/mol. The van der Waals surface area contributed by atoms with Crippen molar-refractivity contribution in [1.82, 2.24) is 15.0 Å². The third-order valence-corrected chi connectivity index (χ3v) is 4.92. The number of aromatic nitrogens is 2. The fourth-order valence-corrected chi connectivity index (χ4v) is 3.71. The number of carbonyl (C=O) groups is 2. The van der Waals surface area contributed by atoms with E-state index >= 15 is 0 Å². The molecule has 0 N–H and O–H groups in total. The van der Waals surface area contributed by atoms with Crippen molar-refractivity contribution >= 4 is 17.5 Å². The van der Waals surface area contributed by atoms with Gasteiger partial charge in [-0.2, -0.15) is 4.98 Å². The molecule has 0 unspecified atom stereocenters. The predicted octanol–water partition coefficient (Wildman–Crippen LogP) is 2.09. The number of nitrogens with zero attached hydrogens (tertiary/aromatic N) is 4. The Morgan fingerprint density at radius 2 is 2.08 bits per heavy atom. The van der Waals surface area contributed by atoms with Gasteiger partial charge in [0.2, 0.25) is 17.7 Å². The molecule has 0 radical (unpaired) electrons. The van der Waals surface area contributed by atoms with E-state index in [1.807, 2.05) is 35.2 Å². The van der Waals surface area contributed by atoms with Crippen LogP contribution in [0.25, 0.3) is 0 Å². The van der Waals surface area contributed by atoms with E-state index in [1.54, 1.807) is 11.8 Å². The molecule has 2 aromatic rings. The largest absolute Gasteiger partial charge is 0.340 e. The summed E-state index contributed by atoms with van der Waals surface area (Å²) in [7, 11) is 0. The van der Waals surface area contributed by atoms with Gasteiger partial charge in [-0.3, -0.25) is 9.59 Å². The highest BCUT2D eigenvalue weighted by Crippen LogP contribution is 2.34. The number of benzene rings is 1. The standard InChI is InChI=1S/C18H20N4O3/c1-12-19-17(20-25-12)15-8-5-9-21(15)18(24)13-10-16(23)22(11-13)14-6-3-2-4-7-14/h2-4,6-7,13,15H,5,8-11H2,1H3/t13-,15-/m1/s1. The molecule has 2 atom stereocenters. The van der Waals surface area contributed by atoms with Gasteiger partial charge in [0.25, 0.3) is 0 Å². The first-order valence-corrected chi connectivity index (χ1v) is 8.59. The lowest BCUT2D eigenvalue weighted by atomic mass is 10.1. The number of para-hydroxylation sites is 1. The van der Waals surface area contributed by atoms with Gasteiger partial charge < -0.3 is 14.3 Å². The smallest absolute Gasteiger partial charge is 0.228 e. The highest BCUT2D eigenvalue weighted by molar-refractivity contribution is 6.00. The van der Waals surface area contributed by atoms with E-state index in [1.165, 1.54) is 0 Å². The van der Waals surface area contributed by atoms with Crippen molar-refractivity contribution in [3.8, 4) is 0 Å². The number of amides is 2. The predicted molar refractivity (Wildman–Crippen MR) is 89.6 cm³/mol. The normalized spacial score (nSPS) is 23.5. The number of rotatable bonds is 3. The molecule has 2 aliphatic rings. The first kappa shape index (κ1) is 15.8. The van der Waals surface area contributed by atoms with E-state index in [-0.39, 0.29) is 30.2 Å². The molecule has 0 aliphatic carbocycles. The first-order chi connectivity index (χ1) is 12.1. The van der Waals surface area contributed by atoms with Crippen LogP contribution in [0.2, 0.25) is 0 Å². The van der Waals surface area contributed by atoms with Crippen molar-refractivity contribution in [2.45, 2.75) is 32.2 Å². The third kappa shape index (κ3) is 2.90. The minimum atomic E-state index is -0.318. The topological polar surface area (TPSA) is 79.5 Å². The maximum Gasteiger partial charge on any atom is 0.228 e. The van der Waals surface area contributed by atoms with E-state index in [4.69, 9.17) is 4.52 Å². The number of carbonyl (C=O) groups excluding carboxylic acids is 2. The summed E-state index contributed by atoms with van der Waals surface area (Å²) in [4.78, 5) is 33.2. The lowest BCUT2D eigenvalue weighted by Gasteiger charge is -2.25. The number of hydrogen-bond donors (Lipinski definition) is 0. The van der Waals surface area contributed by atoms with Gasteiger partial charge in [-0.05, 0) is 25.0 Å². The minimum absolute atomic E-state index is 0.00398. The van der Waals surface area contributed by atoms with Crippen LogP contribution in [0, 0.1) is 12.8 Å². The average Bonchev–Trinajstić information content (AvgIpc) is 3.34. The molecule has 0 spiro atoms. The zero-order valence-corrected chi connectivity index (χ0v) is 14.1. The SMILES string of the molecule is Cc1nc([C@H]2CCCN2C(=O)[C@@H]2CC(=O)N(c3ccccc3)C2)no1. The van der Waals surface area contributed by atoms with Crippen molar-refractivity contribution in [2.24, 2.45) is 5.92 Å². The molecular formula is C18H20N4O3. The summed E-state index contributed by atoms with van der Waals surface area (Å²) in [5, 5.41) is 3.98. The van der Waals surface area contributed by atoms with Crippen LogP contribution in [0.5, 0.6) is 0 Å². The van der Waals surface area contributed by atoms with Gasteiger partial charge >= 0.3 is 0 Å². The lowest BCUT2D eigenvalue weighted by Crippen LogP contribution is -2.37. The Labute approximate surface area is 145 Å². The molecule has 2 aliphatic heterocycles. The zero-order valence-electron chi connectivity index (χ0n) is 14.1. The second-order valence-corrected chi connectivity index (χ2v) is 6.60. The van der Waals surface area contributed by atoms with Crippen LogP contribution in [0.4, 0.5) is 5.69 Å². The highest BCUT2D eigenvalue weighted by atomic mass is 16.5. The van der Waals surface area contributed by atoms with Crippen molar-refractivity contribution in [1.29, 1.82) is 0 Å². The zero-order chi connectivity index (χ0) is 17.4. The monoisotopic (exact) mass is 340 g/mol. The molecule has 0 saturated carbocycles. The lowest BCUT2D eigenvalue weighted by molar-refractivity contribution is -0.136. The van der Waals surface area contributed by atoms with Crippen LogP contribution in [0.3, 0.4) is 0 Å². The molecule has 7 nitrogen and oxygen atoms in total. The molecule has 2 saturated heterocycles. The molecule has 130 valence electrons. The van der Waals surface area contributed by atoms with E-state index in [9.17, 15) is 9.59 Å². The van der Waals surface area contributed by atoms with Gasteiger partial charge in [0, 0.05) is 32.1 Å². The molecule has 25 heavy (non-hydrogen) atoms.